The standard InChI is InChI=1S/C13H18F3NO2/c1-2-3-4-5-6-18-12-8-11(19-13(15)16)9(14)7-10(12)17/h7-8,13H,2-6,17H2,1H3. The molecule has 0 spiro atoms. The van der Waals surface area contributed by atoms with Crippen LogP contribution in [0.5, 0.6) is 11.5 Å². The van der Waals surface area contributed by atoms with E-state index in [9.17, 15) is 13.2 Å². The lowest BCUT2D eigenvalue weighted by Gasteiger charge is -2.12. The Morgan fingerprint density at radius 2 is 1.89 bits per heavy atom. The lowest BCUT2D eigenvalue weighted by Crippen LogP contribution is -2.06. The van der Waals surface area contributed by atoms with Crippen LogP contribution in [-0.4, -0.2) is 13.2 Å². The van der Waals surface area contributed by atoms with Gasteiger partial charge in [-0.25, -0.2) is 4.39 Å². The van der Waals surface area contributed by atoms with E-state index < -0.39 is 18.2 Å². The molecule has 0 aliphatic heterocycles. The van der Waals surface area contributed by atoms with Crippen LogP contribution in [0.4, 0.5) is 18.9 Å². The van der Waals surface area contributed by atoms with Gasteiger partial charge >= 0.3 is 6.61 Å². The van der Waals surface area contributed by atoms with Crippen molar-refractivity contribution < 1.29 is 22.6 Å². The Labute approximate surface area is 110 Å². The zero-order valence-electron chi connectivity index (χ0n) is 10.8. The lowest BCUT2D eigenvalue weighted by molar-refractivity contribution is -0.0522. The average Bonchev–Trinajstić information content (AvgIpc) is 2.33. The summed E-state index contributed by atoms with van der Waals surface area (Å²) in [6.07, 6.45) is 4.04. The van der Waals surface area contributed by atoms with Gasteiger partial charge in [-0.05, 0) is 6.42 Å². The molecule has 6 heteroatoms. The number of nitrogens with two attached hydrogens (primary N) is 1. The van der Waals surface area contributed by atoms with E-state index in [-0.39, 0.29) is 11.4 Å². The molecule has 3 nitrogen and oxygen atoms in total. The number of alkyl halides is 2. The van der Waals surface area contributed by atoms with E-state index in [1.54, 1.807) is 0 Å². The van der Waals surface area contributed by atoms with Gasteiger partial charge in [0, 0.05) is 12.1 Å². The Bertz CT molecular complexity index is 400. The fourth-order valence-corrected chi connectivity index (χ4v) is 1.57. The molecular weight excluding hydrogens is 259 g/mol. The van der Waals surface area contributed by atoms with Crippen LogP contribution in [0, 0.1) is 5.82 Å². The maximum absolute atomic E-state index is 13.3. The van der Waals surface area contributed by atoms with E-state index in [1.165, 1.54) is 0 Å². The Balaban J connectivity index is 2.61. The van der Waals surface area contributed by atoms with Gasteiger partial charge in [0.2, 0.25) is 0 Å². The first-order chi connectivity index (χ1) is 9.04. The molecule has 0 aliphatic rings. The summed E-state index contributed by atoms with van der Waals surface area (Å²) in [5, 5.41) is 0. The highest BCUT2D eigenvalue weighted by Gasteiger charge is 2.14. The van der Waals surface area contributed by atoms with Crippen LogP contribution in [-0.2, 0) is 0 Å². The smallest absolute Gasteiger partial charge is 0.387 e. The van der Waals surface area contributed by atoms with Crippen molar-refractivity contribution in [1.82, 2.24) is 0 Å². The maximum atomic E-state index is 13.3. The van der Waals surface area contributed by atoms with Gasteiger partial charge in [0.15, 0.2) is 11.6 Å². The van der Waals surface area contributed by atoms with Gasteiger partial charge in [-0.1, -0.05) is 26.2 Å². The molecule has 0 amide bonds. The number of benzene rings is 1. The van der Waals surface area contributed by atoms with Crippen LogP contribution >= 0.6 is 0 Å². The molecule has 19 heavy (non-hydrogen) atoms. The number of anilines is 1. The van der Waals surface area contributed by atoms with Gasteiger partial charge in [-0.15, -0.1) is 0 Å². The van der Waals surface area contributed by atoms with Gasteiger partial charge in [0.05, 0.1) is 12.3 Å². The highest BCUT2D eigenvalue weighted by Crippen LogP contribution is 2.31. The second-order valence-electron chi connectivity index (χ2n) is 4.11. The third-order valence-corrected chi connectivity index (χ3v) is 2.54. The molecule has 0 unspecified atom stereocenters. The van der Waals surface area contributed by atoms with Crippen molar-refractivity contribution in [1.29, 1.82) is 0 Å². The zero-order valence-corrected chi connectivity index (χ0v) is 10.8. The number of halogens is 3. The van der Waals surface area contributed by atoms with Crippen molar-refractivity contribution in [2.75, 3.05) is 12.3 Å². The van der Waals surface area contributed by atoms with Crippen molar-refractivity contribution >= 4 is 5.69 Å². The second kappa shape index (κ2) is 7.76. The van der Waals surface area contributed by atoms with Crippen molar-refractivity contribution in [3.63, 3.8) is 0 Å². The highest BCUT2D eigenvalue weighted by atomic mass is 19.3. The van der Waals surface area contributed by atoms with Gasteiger partial charge in [-0.3, -0.25) is 0 Å². The molecule has 1 aromatic carbocycles. The normalized spacial score (nSPS) is 10.8. The summed E-state index contributed by atoms with van der Waals surface area (Å²) >= 11 is 0. The topological polar surface area (TPSA) is 44.5 Å². The lowest BCUT2D eigenvalue weighted by atomic mass is 10.2. The predicted octanol–water partition coefficient (Wildman–Crippen LogP) is 3.97. The number of ether oxygens (including phenoxy) is 2. The SMILES string of the molecule is CCCCCCOc1cc(OC(F)F)c(F)cc1N. The first-order valence-corrected chi connectivity index (χ1v) is 6.21. The number of hydrogen-bond donors (Lipinski definition) is 1. The Morgan fingerprint density at radius 1 is 1.16 bits per heavy atom. The Kier molecular flexibility index (Phi) is 6.32. The van der Waals surface area contributed by atoms with Crippen molar-refractivity contribution in [3.05, 3.63) is 17.9 Å². The van der Waals surface area contributed by atoms with Crippen molar-refractivity contribution in [3.8, 4) is 11.5 Å². The third-order valence-electron chi connectivity index (χ3n) is 2.54. The summed E-state index contributed by atoms with van der Waals surface area (Å²) in [4.78, 5) is 0. The predicted molar refractivity (Wildman–Crippen MR) is 67.1 cm³/mol. The maximum Gasteiger partial charge on any atom is 0.387 e. The number of nitrogen functional groups attached to an aromatic ring is 1. The van der Waals surface area contributed by atoms with Crippen molar-refractivity contribution in [2.24, 2.45) is 0 Å². The van der Waals surface area contributed by atoms with Gasteiger partial charge in [0.1, 0.15) is 5.75 Å². The molecule has 0 aliphatic carbocycles. The molecule has 2 N–H and O–H groups in total. The monoisotopic (exact) mass is 277 g/mol. The van der Waals surface area contributed by atoms with Crippen LogP contribution in [0.15, 0.2) is 12.1 Å². The van der Waals surface area contributed by atoms with Gasteiger partial charge in [0.25, 0.3) is 0 Å². The second-order valence-corrected chi connectivity index (χ2v) is 4.11. The Morgan fingerprint density at radius 3 is 2.53 bits per heavy atom. The fraction of sp³-hybridized carbons (Fsp3) is 0.538. The molecule has 0 saturated heterocycles. The zero-order chi connectivity index (χ0) is 14.3. The van der Waals surface area contributed by atoms with Gasteiger partial charge < -0.3 is 15.2 Å². The van der Waals surface area contributed by atoms with E-state index in [1.807, 2.05) is 0 Å². The largest absolute Gasteiger partial charge is 0.491 e. The summed E-state index contributed by atoms with van der Waals surface area (Å²) in [6, 6.07) is 1.97. The Hall–Kier alpha value is -1.59. The number of rotatable bonds is 8. The van der Waals surface area contributed by atoms with E-state index in [0.29, 0.717) is 6.61 Å². The molecule has 0 saturated carbocycles. The molecule has 0 radical (unpaired) electrons. The summed E-state index contributed by atoms with van der Waals surface area (Å²) in [7, 11) is 0. The average molecular weight is 277 g/mol. The van der Waals surface area contributed by atoms with Crippen molar-refractivity contribution in [2.45, 2.75) is 39.2 Å². The van der Waals surface area contributed by atoms with Crippen LogP contribution in [0.2, 0.25) is 0 Å². The third kappa shape index (κ3) is 5.28. The number of unbranched alkanes of at least 4 members (excludes halogenated alkanes) is 3. The molecule has 0 aromatic heterocycles. The first-order valence-electron chi connectivity index (χ1n) is 6.21. The minimum atomic E-state index is -3.09. The molecule has 1 aromatic rings. The minimum Gasteiger partial charge on any atom is -0.491 e. The van der Waals surface area contributed by atoms with E-state index >= 15 is 0 Å². The first kappa shape index (κ1) is 15.5. The molecule has 0 bridgehead atoms. The molecule has 0 atom stereocenters. The van der Waals surface area contributed by atoms with E-state index in [2.05, 4.69) is 11.7 Å². The van der Waals surface area contributed by atoms with Crippen LogP contribution in [0.1, 0.15) is 32.6 Å². The van der Waals surface area contributed by atoms with E-state index in [0.717, 1.165) is 37.8 Å². The minimum absolute atomic E-state index is 0.0645. The van der Waals surface area contributed by atoms with Crippen LogP contribution < -0.4 is 15.2 Å². The summed E-state index contributed by atoms with van der Waals surface area (Å²) in [5.41, 5.74) is 5.62. The molecule has 1 rings (SSSR count). The van der Waals surface area contributed by atoms with Crippen LogP contribution in [0.3, 0.4) is 0 Å². The molecular formula is C13H18F3NO2. The quantitative estimate of drug-likeness (QED) is 0.577. The van der Waals surface area contributed by atoms with Gasteiger partial charge in [-0.2, -0.15) is 8.78 Å². The molecule has 108 valence electrons. The molecule has 0 heterocycles. The fourth-order valence-electron chi connectivity index (χ4n) is 1.57. The molecule has 0 fully saturated rings. The summed E-state index contributed by atoms with van der Waals surface area (Å²) in [5.74, 6) is -1.34. The van der Waals surface area contributed by atoms with Crippen LogP contribution in [0.25, 0.3) is 0 Å². The summed E-state index contributed by atoms with van der Waals surface area (Å²) < 4.78 is 46.8. The number of hydrogen-bond acceptors (Lipinski definition) is 3. The summed E-state index contributed by atoms with van der Waals surface area (Å²) in [6.45, 7) is -0.591. The highest BCUT2D eigenvalue weighted by molar-refractivity contribution is 5.56. The van der Waals surface area contributed by atoms with E-state index in [4.69, 9.17) is 10.5 Å².